The van der Waals surface area contributed by atoms with Crippen LogP contribution in [0, 0.1) is 0 Å². The zero-order valence-electron chi connectivity index (χ0n) is 15.0. The molecule has 150 valence electrons. The van der Waals surface area contributed by atoms with Crippen LogP contribution in [0.1, 0.15) is 18.4 Å². The number of carbonyl (C=O) groups excluding carboxylic acids is 2. The average Bonchev–Trinajstić information content (AvgIpc) is 2.71. The lowest BCUT2D eigenvalue weighted by atomic mass is 10.1. The fourth-order valence-corrected chi connectivity index (χ4v) is 2.78. The highest BCUT2D eigenvalue weighted by molar-refractivity contribution is 9.10. The van der Waals surface area contributed by atoms with Crippen molar-refractivity contribution in [3.05, 3.63) is 64.6 Å². The van der Waals surface area contributed by atoms with Crippen molar-refractivity contribution in [1.29, 1.82) is 0 Å². The Morgan fingerprint density at radius 1 is 1.11 bits per heavy atom. The fraction of sp³-hybridized carbons (Fsp3) is 0.300. The molecule has 2 aromatic carbocycles. The van der Waals surface area contributed by atoms with Crippen molar-refractivity contribution in [3.8, 4) is 5.75 Å². The van der Waals surface area contributed by atoms with Gasteiger partial charge in [0.25, 0.3) is 0 Å². The van der Waals surface area contributed by atoms with E-state index >= 15 is 0 Å². The summed E-state index contributed by atoms with van der Waals surface area (Å²) in [5.41, 5.74) is 0.824. The van der Waals surface area contributed by atoms with Crippen molar-refractivity contribution in [3.63, 3.8) is 0 Å². The van der Waals surface area contributed by atoms with E-state index in [4.69, 9.17) is 21.1 Å². The number of nitrogens with one attached hydrogen (secondary N) is 1. The lowest BCUT2D eigenvalue weighted by molar-refractivity contribution is -0.145. The van der Waals surface area contributed by atoms with E-state index < -0.39 is 24.2 Å². The minimum atomic E-state index is -1.56. The summed E-state index contributed by atoms with van der Waals surface area (Å²) in [6.45, 7) is 0.0777. The number of halogens is 2. The second-order valence-corrected chi connectivity index (χ2v) is 7.26. The number of alkyl halides is 1. The number of hydrogen-bond acceptors (Lipinski definition) is 5. The molecule has 2 rings (SSSR count). The first-order chi connectivity index (χ1) is 13.5. The van der Waals surface area contributed by atoms with Crippen LogP contribution in [0.15, 0.2) is 59.1 Å². The molecular weight excluding hydrogens is 450 g/mol. The van der Waals surface area contributed by atoms with Gasteiger partial charge in [0.1, 0.15) is 12.4 Å². The molecule has 0 fully saturated rings. The number of hydrogen-bond donors (Lipinski definition) is 2. The maximum atomic E-state index is 12.3. The van der Waals surface area contributed by atoms with Gasteiger partial charge in [-0.2, -0.15) is 0 Å². The quantitative estimate of drug-likeness (QED) is 0.328. The van der Waals surface area contributed by atoms with E-state index in [1.807, 2.05) is 30.3 Å². The summed E-state index contributed by atoms with van der Waals surface area (Å²) in [7, 11) is 0. The van der Waals surface area contributed by atoms with Crippen LogP contribution in [0.4, 0.5) is 4.79 Å². The normalized spacial score (nSPS) is 12.7. The molecule has 0 saturated carbocycles. The number of carbonyl (C=O) groups is 2. The van der Waals surface area contributed by atoms with E-state index in [1.54, 1.807) is 24.3 Å². The van der Waals surface area contributed by atoms with Gasteiger partial charge >= 0.3 is 12.1 Å². The fourth-order valence-electron chi connectivity index (χ4n) is 2.37. The van der Waals surface area contributed by atoms with Gasteiger partial charge in [0.15, 0.2) is 6.10 Å². The Hall–Kier alpha value is -2.09. The Morgan fingerprint density at radius 3 is 2.43 bits per heavy atom. The van der Waals surface area contributed by atoms with Crippen molar-refractivity contribution in [2.24, 2.45) is 0 Å². The predicted molar refractivity (Wildman–Crippen MR) is 109 cm³/mol. The molecule has 0 unspecified atom stereocenters. The second-order valence-electron chi connectivity index (χ2n) is 5.96. The molecule has 2 atom stereocenters. The molecule has 0 spiro atoms. The first-order valence-corrected chi connectivity index (χ1v) is 10.0. The van der Waals surface area contributed by atoms with Crippen molar-refractivity contribution in [2.45, 2.75) is 31.6 Å². The Morgan fingerprint density at radius 2 is 1.79 bits per heavy atom. The first-order valence-electron chi connectivity index (χ1n) is 8.68. The smallest absolute Gasteiger partial charge is 0.407 e. The average molecular weight is 471 g/mol. The summed E-state index contributed by atoms with van der Waals surface area (Å²) in [5, 5.41) is 12.9. The summed E-state index contributed by atoms with van der Waals surface area (Å²) in [6, 6.07) is 14.9. The Labute approximate surface area is 176 Å². The zero-order chi connectivity index (χ0) is 20.4. The first kappa shape index (κ1) is 22.2. The molecule has 6 nitrogen and oxygen atoms in total. The van der Waals surface area contributed by atoms with Gasteiger partial charge in [0.2, 0.25) is 0 Å². The van der Waals surface area contributed by atoms with Crippen molar-refractivity contribution < 1.29 is 24.2 Å². The van der Waals surface area contributed by atoms with Crippen LogP contribution in [0.3, 0.4) is 0 Å². The van der Waals surface area contributed by atoms with Crippen LogP contribution in [-0.4, -0.2) is 35.2 Å². The van der Waals surface area contributed by atoms with E-state index in [9.17, 15) is 14.7 Å². The molecule has 2 N–H and O–H groups in total. The van der Waals surface area contributed by atoms with E-state index in [-0.39, 0.29) is 12.4 Å². The Bertz CT molecular complexity index is 757. The molecule has 28 heavy (non-hydrogen) atoms. The minimum absolute atomic E-state index is 0.0777. The summed E-state index contributed by atoms with van der Waals surface area (Å²) in [5.74, 6) is -0.258. The second kappa shape index (κ2) is 11.7. The molecule has 8 heteroatoms. The molecule has 2 aromatic rings. The minimum Gasteiger partial charge on any atom is -0.445 e. The van der Waals surface area contributed by atoms with Gasteiger partial charge in [-0.15, -0.1) is 11.6 Å². The topological polar surface area (TPSA) is 84.9 Å². The Kier molecular flexibility index (Phi) is 9.27. The van der Waals surface area contributed by atoms with E-state index in [2.05, 4.69) is 21.2 Å². The maximum Gasteiger partial charge on any atom is 0.407 e. The van der Waals surface area contributed by atoms with Gasteiger partial charge in [-0.05, 0) is 42.7 Å². The van der Waals surface area contributed by atoms with Crippen LogP contribution in [-0.2, 0) is 16.1 Å². The number of benzene rings is 2. The van der Waals surface area contributed by atoms with E-state index in [0.29, 0.717) is 18.7 Å². The SMILES string of the molecule is O=C(N[C@@H](CCCCl)[C@@H](O)C(=O)Oc1ccc(Br)cc1)OCc1ccccc1. The van der Waals surface area contributed by atoms with Crippen molar-refractivity contribution in [1.82, 2.24) is 5.32 Å². The number of amides is 1. The largest absolute Gasteiger partial charge is 0.445 e. The molecule has 0 heterocycles. The highest BCUT2D eigenvalue weighted by atomic mass is 79.9. The van der Waals surface area contributed by atoms with Gasteiger partial charge in [0, 0.05) is 10.4 Å². The number of aliphatic hydroxyl groups is 1. The Balaban J connectivity index is 1.93. The van der Waals surface area contributed by atoms with Crippen molar-refractivity contribution >= 4 is 39.6 Å². The molecule has 0 radical (unpaired) electrons. The lowest BCUT2D eigenvalue weighted by Gasteiger charge is -2.22. The number of rotatable bonds is 9. The van der Waals surface area contributed by atoms with E-state index in [1.165, 1.54) is 0 Å². The molecule has 0 bridgehead atoms. The summed E-state index contributed by atoms with van der Waals surface area (Å²) >= 11 is 8.99. The van der Waals surface area contributed by atoms with Gasteiger partial charge in [0.05, 0.1) is 6.04 Å². The summed E-state index contributed by atoms with van der Waals surface area (Å²) in [6.07, 6.45) is -1.51. The van der Waals surface area contributed by atoms with Gasteiger partial charge in [-0.1, -0.05) is 46.3 Å². The van der Waals surface area contributed by atoms with Gasteiger partial charge in [-0.3, -0.25) is 0 Å². The molecule has 0 saturated heterocycles. The highest BCUT2D eigenvalue weighted by Gasteiger charge is 2.29. The predicted octanol–water partition coefficient (Wildman–Crippen LogP) is 4.03. The van der Waals surface area contributed by atoms with Crippen LogP contribution < -0.4 is 10.1 Å². The molecule has 0 aliphatic heterocycles. The molecule has 0 aliphatic rings. The van der Waals surface area contributed by atoms with Gasteiger partial charge in [-0.25, -0.2) is 9.59 Å². The van der Waals surface area contributed by atoms with Crippen LogP contribution >= 0.6 is 27.5 Å². The molecular formula is C20H21BrClNO5. The highest BCUT2D eigenvalue weighted by Crippen LogP contribution is 2.17. The van der Waals surface area contributed by atoms with Crippen LogP contribution in [0.25, 0.3) is 0 Å². The summed E-state index contributed by atoms with van der Waals surface area (Å²) in [4.78, 5) is 24.3. The monoisotopic (exact) mass is 469 g/mol. The molecule has 0 aromatic heterocycles. The lowest BCUT2D eigenvalue weighted by Crippen LogP contribution is -2.48. The number of esters is 1. The zero-order valence-corrected chi connectivity index (χ0v) is 17.4. The standard InChI is InChI=1S/C20H21BrClNO5/c21-15-8-10-16(11-9-15)28-19(25)18(24)17(7-4-12-22)23-20(26)27-13-14-5-2-1-3-6-14/h1-3,5-6,8-11,17-18,24H,4,7,12-13H2,(H,23,26)/t17-,18+/m0/s1. The third-order valence-electron chi connectivity index (χ3n) is 3.82. The van der Waals surface area contributed by atoms with Gasteiger partial charge < -0.3 is 19.9 Å². The van der Waals surface area contributed by atoms with Crippen LogP contribution in [0.2, 0.25) is 0 Å². The maximum absolute atomic E-state index is 12.3. The third kappa shape index (κ3) is 7.50. The van der Waals surface area contributed by atoms with E-state index in [0.717, 1.165) is 10.0 Å². The molecule has 0 aliphatic carbocycles. The number of alkyl carbamates (subject to hydrolysis) is 1. The third-order valence-corrected chi connectivity index (χ3v) is 4.62. The van der Waals surface area contributed by atoms with Crippen LogP contribution in [0.5, 0.6) is 5.75 Å². The molecule has 1 amide bonds. The van der Waals surface area contributed by atoms with Crippen molar-refractivity contribution in [2.75, 3.05) is 5.88 Å². The summed E-state index contributed by atoms with van der Waals surface area (Å²) < 4.78 is 11.1. The number of ether oxygens (including phenoxy) is 2. The number of aliphatic hydroxyl groups excluding tert-OH is 1.